The predicted molar refractivity (Wildman–Crippen MR) is 89.9 cm³/mol. The summed E-state index contributed by atoms with van der Waals surface area (Å²) in [5.74, 6) is 0.831. The van der Waals surface area contributed by atoms with Crippen molar-refractivity contribution < 1.29 is 0 Å². The first-order chi connectivity index (χ1) is 10.6. The van der Waals surface area contributed by atoms with Gasteiger partial charge in [-0.2, -0.15) is 5.10 Å². The Morgan fingerprint density at radius 2 is 2.14 bits per heavy atom. The van der Waals surface area contributed by atoms with Crippen molar-refractivity contribution in [1.82, 2.24) is 25.0 Å². The lowest BCUT2D eigenvalue weighted by Gasteiger charge is -2.11. The van der Waals surface area contributed by atoms with E-state index in [0.717, 1.165) is 37.7 Å². The molecule has 0 aromatic carbocycles. The molecule has 0 saturated carbocycles. The molecule has 0 fully saturated rings. The molecule has 6 heteroatoms. The third-order valence-electron chi connectivity index (χ3n) is 3.52. The Labute approximate surface area is 132 Å². The van der Waals surface area contributed by atoms with E-state index in [1.54, 1.807) is 7.05 Å². The maximum absolute atomic E-state index is 4.47. The van der Waals surface area contributed by atoms with E-state index in [9.17, 15) is 0 Å². The minimum atomic E-state index is 0.776. The van der Waals surface area contributed by atoms with Crippen LogP contribution in [0.25, 0.3) is 0 Å². The number of aromatic nitrogens is 3. The fraction of sp³-hybridized carbons (Fsp3) is 0.500. The zero-order valence-electron chi connectivity index (χ0n) is 13.9. The summed E-state index contributed by atoms with van der Waals surface area (Å²) in [5, 5.41) is 11.1. The lowest BCUT2D eigenvalue weighted by molar-refractivity contribution is 0.555. The van der Waals surface area contributed by atoms with Gasteiger partial charge in [-0.25, -0.2) is 0 Å². The molecule has 0 saturated heterocycles. The zero-order valence-corrected chi connectivity index (χ0v) is 13.9. The highest BCUT2D eigenvalue weighted by molar-refractivity contribution is 5.79. The number of aryl methyl sites for hydroxylation is 4. The van der Waals surface area contributed by atoms with Crippen molar-refractivity contribution in [1.29, 1.82) is 0 Å². The smallest absolute Gasteiger partial charge is 0.191 e. The average molecular weight is 302 g/mol. The van der Waals surface area contributed by atoms with Crippen LogP contribution in [0.2, 0.25) is 0 Å². The second kappa shape index (κ2) is 7.68. The predicted octanol–water partition coefficient (Wildman–Crippen LogP) is 1.59. The molecule has 6 nitrogen and oxygen atoms in total. The van der Waals surface area contributed by atoms with E-state index in [1.165, 1.54) is 11.3 Å². The highest BCUT2D eigenvalue weighted by Crippen LogP contribution is 2.02. The monoisotopic (exact) mass is 302 g/mol. The largest absolute Gasteiger partial charge is 0.357 e. The molecule has 0 spiro atoms. The molecule has 120 valence electrons. The number of rotatable bonds is 6. The summed E-state index contributed by atoms with van der Waals surface area (Å²) in [5.41, 5.74) is 3.53. The molecule has 22 heavy (non-hydrogen) atoms. The van der Waals surface area contributed by atoms with Gasteiger partial charge in [0.2, 0.25) is 0 Å². The van der Waals surface area contributed by atoms with Gasteiger partial charge in [-0.05, 0) is 38.0 Å². The topological polar surface area (TPSA) is 59.2 Å². The molecule has 0 amide bonds. The Kier molecular flexibility index (Phi) is 5.63. The van der Waals surface area contributed by atoms with Crippen LogP contribution in [0.3, 0.4) is 0 Å². The maximum Gasteiger partial charge on any atom is 0.191 e. The Bertz CT molecular complexity index is 622. The highest BCUT2D eigenvalue weighted by Gasteiger charge is 2.02. The molecule has 2 aromatic rings. The Hall–Kier alpha value is -2.24. The van der Waals surface area contributed by atoms with E-state index in [1.807, 2.05) is 24.7 Å². The summed E-state index contributed by atoms with van der Waals surface area (Å²) in [7, 11) is 3.82. The first-order valence-corrected chi connectivity index (χ1v) is 7.65. The Balaban J connectivity index is 1.69. The molecule has 0 bridgehead atoms. The minimum Gasteiger partial charge on any atom is -0.357 e. The van der Waals surface area contributed by atoms with Gasteiger partial charge in [-0.15, -0.1) is 0 Å². The van der Waals surface area contributed by atoms with Crippen molar-refractivity contribution in [3.05, 3.63) is 41.5 Å². The van der Waals surface area contributed by atoms with Gasteiger partial charge in [0, 0.05) is 51.8 Å². The molecular formula is C16H26N6. The summed E-state index contributed by atoms with van der Waals surface area (Å²) < 4.78 is 4.10. The normalized spacial score (nSPS) is 11.7. The molecule has 2 N–H and O–H groups in total. The number of aliphatic imine (C=N–C) groups is 1. The molecule has 0 aliphatic heterocycles. The number of guanidine groups is 1. The summed E-state index contributed by atoms with van der Waals surface area (Å²) in [6.07, 6.45) is 5.15. The van der Waals surface area contributed by atoms with Crippen LogP contribution in [0, 0.1) is 13.8 Å². The summed E-state index contributed by atoms with van der Waals surface area (Å²) in [4.78, 5) is 4.24. The van der Waals surface area contributed by atoms with Gasteiger partial charge < -0.3 is 15.2 Å². The van der Waals surface area contributed by atoms with Gasteiger partial charge >= 0.3 is 0 Å². The fourth-order valence-electron chi connectivity index (χ4n) is 2.41. The Morgan fingerprint density at radius 3 is 2.73 bits per heavy atom. The van der Waals surface area contributed by atoms with Gasteiger partial charge in [0.15, 0.2) is 5.96 Å². The number of nitrogens with one attached hydrogen (secondary N) is 2. The van der Waals surface area contributed by atoms with Gasteiger partial charge in [-0.1, -0.05) is 0 Å². The van der Waals surface area contributed by atoms with Crippen molar-refractivity contribution in [3.8, 4) is 0 Å². The molecule has 0 aliphatic rings. The third kappa shape index (κ3) is 4.65. The van der Waals surface area contributed by atoms with Gasteiger partial charge in [0.1, 0.15) is 0 Å². The first kappa shape index (κ1) is 16.1. The lowest BCUT2D eigenvalue weighted by Crippen LogP contribution is -2.37. The second-order valence-corrected chi connectivity index (χ2v) is 5.54. The van der Waals surface area contributed by atoms with Crippen molar-refractivity contribution in [3.63, 3.8) is 0 Å². The molecule has 0 atom stereocenters. The van der Waals surface area contributed by atoms with Crippen LogP contribution in [0.5, 0.6) is 0 Å². The third-order valence-corrected chi connectivity index (χ3v) is 3.52. The first-order valence-electron chi connectivity index (χ1n) is 7.65. The van der Waals surface area contributed by atoms with E-state index in [2.05, 4.69) is 50.7 Å². The van der Waals surface area contributed by atoms with Gasteiger partial charge in [0.05, 0.1) is 5.69 Å². The standard InChI is InChI=1S/C16H26N6/c1-13-10-14(2)22(20-13)8-5-7-18-16(17-3)19-11-15-6-9-21(4)12-15/h6,9-10,12H,5,7-8,11H2,1-4H3,(H2,17,18,19). The quantitative estimate of drug-likeness (QED) is 0.484. The van der Waals surface area contributed by atoms with Crippen LogP contribution < -0.4 is 10.6 Å². The molecular weight excluding hydrogens is 276 g/mol. The highest BCUT2D eigenvalue weighted by atomic mass is 15.3. The molecule has 2 heterocycles. The van der Waals surface area contributed by atoms with Gasteiger partial charge in [0.25, 0.3) is 0 Å². The van der Waals surface area contributed by atoms with Crippen molar-refractivity contribution in [2.45, 2.75) is 33.4 Å². The number of nitrogens with zero attached hydrogens (tertiary/aromatic N) is 4. The van der Waals surface area contributed by atoms with Gasteiger partial charge in [-0.3, -0.25) is 9.67 Å². The summed E-state index contributed by atoms with van der Waals surface area (Å²) in [6, 6.07) is 4.21. The van der Waals surface area contributed by atoms with Crippen molar-refractivity contribution in [2.24, 2.45) is 12.0 Å². The van der Waals surface area contributed by atoms with E-state index in [-0.39, 0.29) is 0 Å². The SMILES string of the molecule is CN=C(NCCCn1nc(C)cc1C)NCc1ccn(C)c1. The van der Waals surface area contributed by atoms with Crippen LogP contribution in [0.15, 0.2) is 29.5 Å². The number of hydrogen-bond donors (Lipinski definition) is 2. The van der Waals surface area contributed by atoms with E-state index >= 15 is 0 Å². The molecule has 2 rings (SSSR count). The number of hydrogen-bond acceptors (Lipinski definition) is 2. The van der Waals surface area contributed by atoms with E-state index < -0.39 is 0 Å². The molecule has 0 radical (unpaired) electrons. The maximum atomic E-state index is 4.47. The van der Waals surface area contributed by atoms with Crippen LogP contribution in [0.1, 0.15) is 23.4 Å². The van der Waals surface area contributed by atoms with Crippen LogP contribution in [-0.4, -0.2) is 33.9 Å². The summed E-state index contributed by atoms with van der Waals surface area (Å²) >= 11 is 0. The van der Waals surface area contributed by atoms with Crippen LogP contribution >= 0.6 is 0 Å². The second-order valence-electron chi connectivity index (χ2n) is 5.54. The fourth-order valence-corrected chi connectivity index (χ4v) is 2.41. The lowest BCUT2D eigenvalue weighted by atomic mass is 10.3. The average Bonchev–Trinajstić information content (AvgIpc) is 3.03. The van der Waals surface area contributed by atoms with Crippen LogP contribution in [-0.2, 0) is 20.1 Å². The molecule has 0 unspecified atom stereocenters. The Morgan fingerprint density at radius 1 is 1.32 bits per heavy atom. The zero-order chi connectivity index (χ0) is 15.9. The summed E-state index contributed by atoms with van der Waals surface area (Å²) in [6.45, 7) is 6.68. The van der Waals surface area contributed by atoms with E-state index in [4.69, 9.17) is 0 Å². The van der Waals surface area contributed by atoms with Crippen LogP contribution in [0.4, 0.5) is 0 Å². The molecule has 2 aromatic heterocycles. The minimum absolute atomic E-state index is 0.776. The van der Waals surface area contributed by atoms with E-state index in [0.29, 0.717) is 0 Å². The molecule has 0 aliphatic carbocycles. The van der Waals surface area contributed by atoms with Crippen molar-refractivity contribution in [2.75, 3.05) is 13.6 Å². The van der Waals surface area contributed by atoms with Crippen molar-refractivity contribution >= 4 is 5.96 Å².